The van der Waals surface area contributed by atoms with Crippen molar-refractivity contribution in [2.24, 2.45) is 10.2 Å². The van der Waals surface area contributed by atoms with Crippen LogP contribution >= 0.6 is 0 Å². The number of aryl methyl sites for hydroxylation is 1. The quantitative estimate of drug-likeness (QED) is 0.446. The molecule has 4 nitrogen and oxygen atoms in total. The first kappa shape index (κ1) is 14.3. The molecule has 24 heavy (non-hydrogen) atoms. The Morgan fingerprint density at radius 2 is 1.54 bits per heavy atom. The van der Waals surface area contributed by atoms with Crippen molar-refractivity contribution in [3.05, 3.63) is 84.6 Å². The molecule has 0 N–H and O–H groups in total. The van der Waals surface area contributed by atoms with Crippen LogP contribution in [0.2, 0.25) is 0 Å². The normalized spacial score (nSPS) is 11.4. The Morgan fingerprint density at radius 1 is 0.792 bits per heavy atom. The highest BCUT2D eigenvalue weighted by molar-refractivity contribution is 5.74. The zero-order valence-corrected chi connectivity index (χ0v) is 13.3. The van der Waals surface area contributed by atoms with Crippen LogP contribution in [0.25, 0.3) is 16.9 Å². The highest BCUT2D eigenvalue weighted by Crippen LogP contribution is 2.32. The number of hydrogen-bond acceptors (Lipinski definition) is 3. The second kappa shape index (κ2) is 6.08. The monoisotopic (exact) mass is 312 g/mol. The van der Waals surface area contributed by atoms with Crippen molar-refractivity contribution < 1.29 is 0 Å². The Labute approximate surface area is 140 Å². The summed E-state index contributed by atoms with van der Waals surface area (Å²) >= 11 is 0. The molecular weight excluding hydrogens is 296 g/mol. The van der Waals surface area contributed by atoms with E-state index in [-0.39, 0.29) is 0 Å². The van der Waals surface area contributed by atoms with Gasteiger partial charge in [-0.25, -0.2) is 4.98 Å². The van der Waals surface area contributed by atoms with Crippen LogP contribution in [0.4, 0.5) is 11.5 Å². The maximum atomic E-state index is 4.73. The number of imidazole rings is 1. The minimum Gasteiger partial charge on any atom is -0.283 e. The van der Waals surface area contributed by atoms with Gasteiger partial charge in [0.15, 0.2) is 5.82 Å². The van der Waals surface area contributed by atoms with E-state index < -0.39 is 0 Å². The maximum absolute atomic E-state index is 4.73. The van der Waals surface area contributed by atoms with Gasteiger partial charge in [-0.3, -0.25) is 4.40 Å². The summed E-state index contributed by atoms with van der Waals surface area (Å²) in [7, 11) is 0. The van der Waals surface area contributed by atoms with Crippen molar-refractivity contribution in [1.29, 1.82) is 0 Å². The van der Waals surface area contributed by atoms with Gasteiger partial charge in [0.05, 0.1) is 5.69 Å². The first-order valence-electron chi connectivity index (χ1n) is 7.82. The van der Waals surface area contributed by atoms with Crippen LogP contribution in [0.15, 0.2) is 89.2 Å². The van der Waals surface area contributed by atoms with Crippen molar-refractivity contribution in [2.45, 2.75) is 6.92 Å². The minimum absolute atomic E-state index is 0.735. The van der Waals surface area contributed by atoms with Gasteiger partial charge in [-0.05, 0) is 31.2 Å². The number of aromatic nitrogens is 2. The first-order chi connectivity index (χ1) is 11.8. The van der Waals surface area contributed by atoms with Gasteiger partial charge in [0.25, 0.3) is 0 Å². The average molecular weight is 312 g/mol. The second-order valence-corrected chi connectivity index (χ2v) is 5.61. The SMILES string of the molecule is Cc1ccc(-c2nc3ccccn3c2/N=N/c2ccccc2)cc1. The Balaban J connectivity index is 1.87. The van der Waals surface area contributed by atoms with E-state index in [9.17, 15) is 0 Å². The van der Waals surface area contributed by atoms with Crippen LogP contribution in [-0.4, -0.2) is 9.38 Å². The zero-order valence-electron chi connectivity index (χ0n) is 13.3. The third-order valence-corrected chi connectivity index (χ3v) is 3.85. The van der Waals surface area contributed by atoms with Crippen molar-refractivity contribution in [1.82, 2.24) is 9.38 Å². The molecule has 0 unspecified atom stereocenters. The van der Waals surface area contributed by atoms with Gasteiger partial charge in [0.1, 0.15) is 11.3 Å². The highest BCUT2D eigenvalue weighted by atomic mass is 15.2. The number of benzene rings is 2. The average Bonchev–Trinajstić information content (AvgIpc) is 3.00. The third-order valence-electron chi connectivity index (χ3n) is 3.85. The molecule has 0 aliphatic carbocycles. The number of fused-ring (bicyclic) bond motifs is 1. The smallest absolute Gasteiger partial charge is 0.187 e. The lowest BCUT2D eigenvalue weighted by Crippen LogP contribution is -1.81. The molecule has 0 aliphatic heterocycles. The summed E-state index contributed by atoms with van der Waals surface area (Å²) < 4.78 is 1.96. The van der Waals surface area contributed by atoms with Crippen LogP contribution < -0.4 is 0 Å². The Bertz CT molecular complexity index is 999. The Morgan fingerprint density at radius 3 is 2.33 bits per heavy atom. The number of hydrogen-bond donors (Lipinski definition) is 0. The second-order valence-electron chi connectivity index (χ2n) is 5.61. The predicted octanol–water partition coefficient (Wildman–Crippen LogP) is 5.73. The van der Waals surface area contributed by atoms with Crippen molar-refractivity contribution in [3.63, 3.8) is 0 Å². The molecule has 0 spiro atoms. The molecule has 2 aromatic heterocycles. The van der Waals surface area contributed by atoms with Gasteiger partial charge < -0.3 is 0 Å². The Hall–Kier alpha value is -3.27. The van der Waals surface area contributed by atoms with Crippen LogP contribution in [0.5, 0.6) is 0 Å². The van der Waals surface area contributed by atoms with Gasteiger partial charge in [-0.2, -0.15) is 0 Å². The lowest BCUT2D eigenvalue weighted by Gasteiger charge is -2.00. The van der Waals surface area contributed by atoms with Crippen LogP contribution in [0, 0.1) is 6.92 Å². The number of nitrogens with zero attached hydrogens (tertiary/aromatic N) is 4. The maximum Gasteiger partial charge on any atom is 0.187 e. The molecule has 0 amide bonds. The van der Waals surface area contributed by atoms with E-state index in [1.54, 1.807) is 0 Å². The molecule has 4 rings (SSSR count). The molecule has 0 bridgehead atoms. The van der Waals surface area contributed by atoms with Gasteiger partial charge in [-0.15, -0.1) is 10.2 Å². The first-order valence-corrected chi connectivity index (χ1v) is 7.82. The molecule has 0 fully saturated rings. The van der Waals surface area contributed by atoms with Gasteiger partial charge in [0.2, 0.25) is 0 Å². The summed E-state index contributed by atoms with van der Waals surface area (Å²) in [6.45, 7) is 2.07. The van der Waals surface area contributed by atoms with Crippen LogP contribution in [-0.2, 0) is 0 Å². The summed E-state index contributed by atoms with van der Waals surface area (Å²) in [5, 5.41) is 8.86. The van der Waals surface area contributed by atoms with Crippen LogP contribution in [0.3, 0.4) is 0 Å². The molecule has 2 heterocycles. The van der Waals surface area contributed by atoms with E-state index in [4.69, 9.17) is 4.98 Å². The van der Waals surface area contributed by atoms with E-state index in [1.807, 2.05) is 59.1 Å². The zero-order chi connectivity index (χ0) is 16.4. The van der Waals surface area contributed by atoms with Crippen LogP contribution in [0.1, 0.15) is 5.56 Å². The summed E-state index contributed by atoms with van der Waals surface area (Å²) in [6.07, 6.45) is 1.96. The molecule has 116 valence electrons. The minimum atomic E-state index is 0.735. The standard InChI is InChI=1S/C20H16N4/c1-15-10-12-16(13-11-15)19-20(23-22-17-7-3-2-4-8-17)24-14-6-5-9-18(24)21-19/h2-14H,1H3/b23-22+. The molecule has 0 aliphatic rings. The molecule has 0 radical (unpaired) electrons. The third kappa shape index (κ3) is 2.70. The Kier molecular flexibility index (Phi) is 3.63. The molecule has 4 aromatic rings. The molecule has 2 aromatic carbocycles. The van der Waals surface area contributed by atoms with Crippen molar-refractivity contribution >= 4 is 17.2 Å². The summed E-state index contributed by atoms with van der Waals surface area (Å²) in [5.41, 5.74) is 4.76. The van der Waals surface area contributed by atoms with E-state index in [1.165, 1.54) is 5.56 Å². The van der Waals surface area contributed by atoms with Gasteiger partial charge in [-0.1, -0.05) is 54.1 Å². The predicted molar refractivity (Wildman–Crippen MR) is 96.0 cm³/mol. The fourth-order valence-electron chi connectivity index (χ4n) is 2.58. The fourth-order valence-corrected chi connectivity index (χ4v) is 2.58. The molecule has 0 saturated heterocycles. The number of rotatable bonds is 3. The van der Waals surface area contributed by atoms with Crippen molar-refractivity contribution in [2.75, 3.05) is 0 Å². The number of azo groups is 1. The van der Waals surface area contributed by atoms with E-state index in [0.29, 0.717) is 0 Å². The fraction of sp³-hybridized carbons (Fsp3) is 0.0500. The number of pyridine rings is 1. The topological polar surface area (TPSA) is 42.0 Å². The summed E-state index contributed by atoms with van der Waals surface area (Å²) in [4.78, 5) is 4.73. The molecular formula is C20H16N4. The lowest BCUT2D eigenvalue weighted by atomic mass is 10.1. The molecule has 0 atom stereocenters. The van der Waals surface area contributed by atoms with Gasteiger partial charge >= 0.3 is 0 Å². The summed E-state index contributed by atoms with van der Waals surface area (Å²) in [5.74, 6) is 0.735. The van der Waals surface area contributed by atoms with E-state index >= 15 is 0 Å². The summed E-state index contributed by atoms with van der Waals surface area (Å²) in [6, 6.07) is 23.9. The largest absolute Gasteiger partial charge is 0.283 e. The van der Waals surface area contributed by atoms with E-state index in [0.717, 1.165) is 28.4 Å². The molecule has 0 saturated carbocycles. The highest BCUT2D eigenvalue weighted by Gasteiger charge is 2.13. The van der Waals surface area contributed by atoms with E-state index in [2.05, 4.69) is 41.4 Å². The lowest BCUT2D eigenvalue weighted by molar-refractivity contribution is 1.11. The van der Waals surface area contributed by atoms with Crippen molar-refractivity contribution in [3.8, 4) is 11.3 Å². The molecule has 4 heteroatoms. The van der Waals surface area contributed by atoms with Gasteiger partial charge in [0, 0.05) is 11.8 Å².